The van der Waals surface area contributed by atoms with Gasteiger partial charge in [-0.2, -0.15) is 0 Å². The summed E-state index contributed by atoms with van der Waals surface area (Å²) < 4.78 is 0. The van der Waals surface area contributed by atoms with Crippen LogP contribution >= 0.6 is 0 Å². The van der Waals surface area contributed by atoms with Gasteiger partial charge in [0.25, 0.3) is 0 Å². The average Bonchev–Trinajstić information content (AvgIpc) is 2.31. The van der Waals surface area contributed by atoms with Gasteiger partial charge in [0.2, 0.25) is 0 Å². The molecule has 0 amide bonds. The highest BCUT2D eigenvalue weighted by Crippen LogP contribution is 2.16. The summed E-state index contributed by atoms with van der Waals surface area (Å²) in [7, 11) is 0. The molecule has 1 saturated heterocycles. The Kier molecular flexibility index (Phi) is 4.59. The van der Waals surface area contributed by atoms with Gasteiger partial charge in [-0.1, -0.05) is 20.8 Å². The predicted molar refractivity (Wildman–Crippen MR) is 59.3 cm³/mol. The van der Waals surface area contributed by atoms with E-state index in [1.165, 1.54) is 19.3 Å². The number of ketones is 1. The van der Waals surface area contributed by atoms with Crippen molar-refractivity contribution in [3.63, 3.8) is 0 Å². The van der Waals surface area contributed by atoms with Crippen LogP contribution in [0.1, 0.15) is 40.0 Å². The average molecular weight is 197 g/mol. The molecule has 1 fully saturated rings. The molecule has 0 N–H and O–H groups in total. The maximum atomic E-state index is 11.6. The van der Waals surface area contributed by atoms with Crippen LogP contribution in [0.15, 0.2) is 0 Å². The fourth-order valence-corrected chi connectivity index (χ4v) is 1.88. The summed E-state index contributed by atoms with van der Waals surface area (Å²) in [5.74, 6) is 1.42. The lowest BCUT2D eigenvalue weighted by molar-refractivity contribution is -0.123. The van der Waals surface area contributed by atoms with Crippen LogP contribution in [0.4, 0.5) is 0 Å². The molecule has 2 nitrogen and oxygen atoms in total. The summed E-state index contributed by atoms with van der Waals surface area (Å²) in [5, 5.41) is 0. The molecule has 0 bridgehead atoms. The molecule has 1 atom stereocenters. The van der Waals surface area contributed by atoms with E-state index in [-0.39, 0.29) is 5.92 Å². The molecule has 0 aromatic carbocycles. The van der Waals surface area contributed by atoms with E-state index >= 15 is 0 Å². The second-order valence-electron chi connectivity index (χ2n) is 4.93. The number of carbonyl (C=O) groups is 1. The Morgan fingerprint density at radius 2 is 2.07 bits per heavy atom. The summed E-state index contributed by atoms with van der Waals surface area (Å²) in [6, 6.07) is 0. The summed E-state index contributed by atoms with van der Waals surface area (Å²) in [6.07, 6.45) is 3.84. The van der Waals surface area contributed by atoms with E-state index in [0.29, 0.717) is 12.3 Å². The largest absolute Gasteiger partial charge is 0.298 e. The van der Waals surface area contributed by atoms with E-state index in [2.05, 4.69) is 11.8 Å². The van der Waals surface area contributed by atoms with Crippen molar-refractivity contribution in [1.29, 1.82) is 0 Å². The lowest BCUT2D eigenvalue weighted by atomic mass is 10.0. The molecule has 1 aliphatic heterocycles. The molecule has 0 spiro atoms. The maximum absolute atomic E-state index is 11.6. The van der Waals surface area contributed by atoms with Gasteiger partial charge in [-0.15, -0.1) is 0 Å². The van der Waals surface area contributed by atoms with Crippen LogP contribution in [0, 0.1) is 11.8 Å². The first kappa shape index (κ1) is 11.7. The molecule has 1 heterocycles. The summed E-state index contributed by atoms with van der Waals surface area (Å²) >= 11 is 0. The fourth-order valence-electron chi connectivity index (χ4n) is 1.88. The smallest absolute Gasteiger partial charge is 0.149 e. The zero-order valence-corrected chi connectivity index (χ0v) is 9.75. The van der Waals surface area contributed by atoms with Gasteiger partial charge in [0.15, 0.2) is 0 Å². The number of nitrogens with zero attached hydrogens (tertiary/aromatic N) is 1. The van der Waals surface area contributed by atoms with Crippen molar-refractivity contribution in [3.8, 4) is 0 Å². The zero-order valence-electron chi connectivity index (χ0n) is 9.75. The van der Waals surface area contributed by atoms with Crippen LogP contribution in [-0.4, -0.2) is 30.3 Å². The van der Waals surface area contributed by atoms with Gasteiger partial charge < -0.3 is 0 Å². The van der Waals surface area contributed by atoms with Gasteiger partial charge >= 0.3 is 0 Å². The third-order valence-electron chi connectivity index (χ3n) is 3.13. The molecule has 14 heavy (non-hydrogen) atoms. The Hall–Kier alpha value is -0.370. The van der Waals surface area contributed by atoms with Gasteiger partial charge in [0, 0.05) is 5.92 Å². The first-order valence-electron chi connectivity index (χ1n) is 5.84. The number of rotatable bonds is 3. The van der Waals surface area contributed by atoms with Gasteiger partial charge in [-0.3, -0.25) is 9.69 Å². The minimum absolute atomic E-state index is 0.190. The van der Waals surface area contributed by atoms with Crippen LogP contribution < -0.4 is 0 Å². The van der Waals surface area contributed by atoms with E-state index in [4.69, 9.17) is 0 Å². The molecule has 1 unspecified atom stereocenters. The van der Waals surface area contributed by atoms with E-state index in [0.717, 1.165) is 19.0 Å². The molecule has 0 aliphatic carbocycles. The van der Waals surface area contributed by atoms with E-state index in [1.54, 1.807) is 0 Å². The number of hydrogen-bond acceptors (Lipinski definition) is 2. The van der Waals surface area contributed by atoms with Crippen molar-refractivity contribution in [2.45, 2.75) is 40.0 Å². The molecule has 0 saturated carbocycles. The van der Waals surface area contributed by atoms with Crippen LogP contribution in [0.5, 0.6) is 0 Å². The lowest BCUT2D eigenvalue weighted by Gasteiger charge is -2.19. The molecule has 1 aliphatic rings. The highest BCUT2D eigenvalue weighted by molar-refractivity contribution is 5.82. The Morgan fingerprint density at radius 1 is 1.36 bits per heavy atom. The van der Waals surface area contributed by atoms with Crippen molar-refractivity contribution in [1.82, 2.24) is 4.90 Å². The normalized spacial score (nSPS) is 25.0. The van der Waals surface area contributed by atoms with Crippen LogP contribution in [0.3, 0.4) is 0 Å². The molecule has 1 rings (SSSR count). The van der Waals surface area contributed by atoms with Crippen molar-refractivity contribution in [3.05, 3.63) is 0 Å². The number of hydrogen-bond donors (Lipinski definition) is 0. The van der Waals surface area contributed by atoms with E-state index in [1.807, 2.05) is 13.8 Å². The predicted octanol–water partition coefficient (Wildman–Crippen LogP) is 2.33. The van der Waals surface area contributed by atoms with Crippen LogP contribution in [0.25, 0.3) is 0 Å². The second-order valence-corrected chi connectivity index (χ2v) is 4.93. The minimum Gasteiger partial charge on any atom is -0.298 e. The molecule has 82 valence electrons. The molecule has 0 radical (unpaired) electrons. The standard InChI is InChI=1S/C12H23NO/c1-10(2)12(14)9-13-7-4-5-11(3)6-8-13/h10-11H,4-9H2,1-3H3. The maximum Gasteiger partial charge on any atom is 0.149 e. The highest BCUT2D eigenvalue weighted by atomic mass is 16.1. The monoisotopic (exact) mass is 197 g/mol. The molecule has 0 aromatic heterocycles. The van der Waals surface area contributed by atoms with Crippen molar-refractivity contribution in [2.24, 2.45) is 11.8 Å². The highest BCUT2D eigenvalue weighted by Gasteiger charge is 2.17. The Balaban J connectivity index is 2.33. The van der Waals surface area contributed by atoms with E-state index < -0.39 is 0 Å². The Labute approximate surface area is 87.7 Å². The number of Topliss-reactive ketones (excluding diaryl/α,β-unsaturated/α-hetero) is 1. The number of carbonyl (C=O) groups excluding carboxylic acids is 1. The SMILES string of the molecule is CC1CCCN(CC(=O)C(C)C)CC1. The van der Waals surface area contributed by atoms with Gasteiger partial charge in [0.1, 0.15) is 5.78 Å². The van der Waals surface area contributed by atoms with Crippen molar-refractivity contribution in [2.75, 3.05) is 19.6 Å². The first-order chi connectivity index (χ1) is 6.59. The Morgan fingerprint density at radius 3 is 2.71 bits per heavy atom. The quantitative estimate of drug-likeness (QED) is 0.692. The topological polar surface area (TPSA) is 20.3 Å². The van der Waals surface area contributed by atoms with Crippen LogP contribution in [-0.2, 0) is 4.79 Å². The first-order valence-corrected chi connectivity index (χ1v) is 5.84. The second kappa shape index (κ2) is 5.50. The summed E-state index contributed by atoms with van der Waals surface area (Å²) in [4.78, 5) is 13.9. The third-order valence-corrected chi connectivity index (χ3v) is 3.13. The molecular formula is C12H23NO. The number of likely N-dealkylation sites (tertiary alicyclic amines) is 1. The molecule has 2 heteroatoms. The van der Waals surface area contributed by atoms with Gasteiger partial charge in [0.05, 0.1) is 6.54 Å². The van der Waals surface area contributed by atoms with E-state index in [9.17, 15) is 4.79 Å². The summed E-state index contributed by atoms with van der Waals surface area (Å²) in [6.45, 7) is 9.19. The minimum atomic E-state index is 0.190. The van der Waals surface area contributed by atoms with Gasteiger partial charge in [-0.05, 0) is 38.3 Å². The fraction of sp³-hybridized carbons (Fsp3) is 0.917. The molecular weight excluding hydrogens is 174 g/mol. The van der Waals surface area contributed by atoms with Crippen LogP contribution in [0.2, 0.25) is 0 Å². The zero-order chi connectivity index (χ0) is 10.6. The lowest BCUT2D eigenvalue weighted by Crippen LogP contribution is -2.32. The third kappa shape index (κ3) is 3.79. The van der Waals surface area contributed by atoms with Crippen molar-refractivity contribution >= 4 is 5.78 Å². The van der Waals surface area contributed by atoms with Crippen molar-refractivity contribution < 1.29 is 4.79 Å². The summed E-state index contributed by atoms with van der Waals surface area (Å²) in [5.41, 5.74) is 0. The Bertz CT molecular complexity index is 189. The molecule has 0 aromatic rings. The van der Waals surface area contributed by atoms with Gasteiger partial charge in [-0.25, -0.2) is 0 Å².